The Kier molecular flexibility index (Phi) is 5.15. The predicted molar refractivity (Wildman–Crippen MR) is 97.9 cm³/mol. The van der Waals surface area contributed by atoms with Crippen molar-refractivity contribution in [2.45, 2.75) is 19.9 Å². The van der Waals surface area contributed by atoms with Gasteiger partial charge in [0.1, 0.15) is 0 Å². The molecule has 2 aromatic rings. The topological polar surface area (TPSA) is 92.5 Å². The van der Waals surface area contributed by atoms with Crippen molar-refractivity contribution in [3.05, 3.63) is 42.1 Å². The first kappa shape index (κ1) is 18.6. The molecule has 1 aliphatic heterocycles. The Hall–Kier alpha value is -2.19. The SMILES string of the molecule is CC(C)[C@@H]1CN(C(=O)c2cc(-c3ccccc3)on2)C[C@H]1NS(C)(=O)=O. The van der Waals surface area contributed by atoms with Gasteiger partial charge < -0.3 is 9.42 Å². The van der Waals surface area contributed by atoms with Gasteiger partial charge in [-0.15, -0.1) is 0 Å². The Morgan fingerprint density at radius 1 is 1.27 bits per heavy atom. The van der Waals surface area contributed by atoms with E-state index in [9.17, 15) is 13.2 Å². The fraction of sp³-hybridized carbons (Fsp3) is 0.444. The van der Waals surface area contributed by atoms with E-state index in [1.54, 1.807) is 11.0 Å². The minimum absolute atomic E-state index is 0.0502. The molecule has 8 heteroatoms. The first-order valence-corrected chi connectivity index (χ1v) is 10.4. The van der Waals surface area contributed by atoms with Gasteiger partial charge in [0.05, 0.1) is 6.26 Å². The van der Waals surface area contributed by atoms with Gasteiger partial charge in [-0.05, 0) is 11.8 Å². The van der Waals surface area contributed by atoms with Crippen molar-refractivity contribution in [2.24, 2.45) is 11.8 Å². The molecule has 1 aromatic carbocycles. The van der Waals surface area contributed by atoms with E-state index in [1.165, 1.54) is 0 Å². The van der Waals surface area contributed by atoms with E-state index in [0.717, 1.165) is 11.8 Å². The molecule has 26 heavy (non-hydrogen) atoms. The summed E-state index contributed by atoms with van der Waals surface area (Å²) < 4.78 is 31.2. The summed E-state index contributed by atoms with van der Waals surface area (Å²) in [4.78, 5) is 14.4. The van der Waals surface area contributed by atoms with Crippen molar-refractivity contribution in [3.8, 4) is 11.3 Å². The lowest BCUT2D eigenvalue weighted by molar-refractivity contribution is 0.0772. The Morgan fingerprint density at radius 2 is 1.96 bits per heavy atom. The molecule has 1 saturated heterocycles. The van der Waals surface area contributed by atoms with Crippen molar-refractivity contribution in [1.82, 2.24) is 14.8 Å². The Balaban J connectivity index is 1.77. The molecule has 7 nitrogen and oxygen atoms in total. The highest BCUT2D eigenvalue weighted by Gasteiger charge is 2.39. The zero-order valence-electron chi connectivity index (χ0n) is 15.0. The molecular weight excluding hydrogens is 354 g/mol. The standard InChI is InChI=1S/C18H23N3O4S/c1-12(2)14-10-21(11-16(14)20-26(3,23)24)18(22)15-9-17(25-19-15)13-7-5-4-6-8-13/h4-9,12,14,16,20H,10-11H2,1-3H3/t14-,16+/m0/s1. The lowest BCUT2D eigenvalue weighted by atomic mass is 9.92. The average molecular weight is 377 g/mol. The van der Waals surface area contributed by atoms with Gasteiger partial charge in [0, 0.05) is 30.8 Å². The van der Waals surface area contributed by atoms with Crippen LogP contribution in [-0.4, -0.2) is 49.8 Å². The zero-order chi connectivity index (χ0) is 18.9. The summed E-state index contributed by atoms with van der Waals surface area (Å²) in [7, 11) is -3.34. The van der Waals surface area contributed by atoms with Gasteiger partial charge in [-0.25, -0.2) is 13.1 Å². The van der Waals surface area contributed by atoms with E-state index in [4.69, 9.17) is 4.52 Å². The molecule has 2 heterocycles. The largest absolute Gasteiger partial charge is 0.355 e. The maximum absolute atomic E-state index is 12.8. The molecule has 1 aliphatic rings. The third-order valence-electron chi connectivity index (χ3n) is 4.66. The lowest BCUT2D eigenvalue weighted by Gasteiger charge is -2.21. The van der Waals surface area contributed by atoms with Crippen LogP contribution < -0.4 is 4.72 Å². The summed E-state index contributed by atoms with van der Waals surface area (Å²) in [5, 5.41) is 3.90. The van der Waals surface area contributed by atoms with Crippen molar-refractivity contribution < 1.29 is 17.7 Å². The lowest BCUT2D eigenvalue weighted by Crippen LogP contribution is -2.41. The molecule has 0 aliphatic carbocycles. The second kappa shape index (κ2) is 7.20. The van der Waals surface area contributed by atoms with Crippen LogP contribution in [0.25, 0.3) is 11.3 Å². The number of benzene rings is 1. The summed E-state index contributed by atoms with van der Waals surface area (Å²) in [6.45, 7) is 4.86. The van der Waals surface area contributed by atoms with Crippen LogP contribution >= 0.6 is 0 Å². The van der Waals surface area contributed by atoms with Crippen molar-refractivity contribution in [2.75, 3.05) is 19.3 Å². The number of carbonyl (C=O) groups is 1. The predicted octanol–water partition coefficient (Wildman–Crippen LogP) is 1.99. The number of aromatic nitrogens is 1. The molecule has 0 saturated carbocycles. The van der Waals surface area contributed by atoms with Crippen molar-refractivity contribution in [1.29, 1.82) is 0 Å². The van der Waals surface area contributed by atoms with E-state index < -0.39 is 10.0 Å². The summed E-state index contributed by atoms with van der Waals surface area (Å²) in [5.41, 5.74) is 1.07. The van der Waals surface area contributed by atoms with Crippen LogP contribution in [0.4, 0.5) is 0 Å². The Morgan fingerprint density at radius 3 is 2.58 bits per heavy atom. The first-order valence-electron chi connectivity index (χ1n) is 8.53. The van der Waals surface area contributed by atoms with Crippen molar-refractivity contribution in [3.63, 3.8) is 0 Å². The molecule has 1 aromatic heterocycles. The zero-order valence-corrected chi connectivity index (χ0v) is 15.9. The molecule has 0 unspecified atom stereocenters. The minimum atomic E-state index is -3.34. The third kappa shape index (κ3) is 4.13. The van der Waals surface area contributed by atoms with Crippen LogP contribution in [0.1, 0.15) is 24.3 Å². The molecule has 2 atom stereocenters. The number of hydrogen-bond donors (Lipinski definition) is 1. The van der Waals surface area contributed by atoms with Crippen LogP contribution in [0, 0.1) is 11.8 Å². The number of amides is 1. The average Bonchev–Trinajstić information content (AvgIpc) is 3.21. The fourth-order valence-corrected chi connectivity index (χ4v) is 4.15. The van der Waals surface area contributed by atoms with Gasteiger partial charge in [0.25, 0.3) is 5.91 Å². The molecule has 1 amide bonds. The number of nitrogens with zero attached hydrogens (tertiary/aromatic N) is 2. The number of nitrogens with one attached hydrogen (secondary N) is 1. The van der Waals surface area contributed by atoms with E-state index in [2.05, 4.69) is 9.88 Å². The molecular formula is C18H23N3O4S. The highest BCUT2D eigenvalue weighted by molar-refractivity contribution is 7.88. The number of rotatable bonds is 5. The second-order valence-electron chi connectivity index (χ2n) is 7.06. The van der Waals surface area contributed by atoms with E-state index in [-0.39, 0.29) is 29.5 Å². The summed E-state index contributed by atoms with van der Waals surface area (Å²) in [6.07, 6.45) is 1.14. The van der Waals surface area contributed by atoms with Gasteiger partial charge >= 0.3 is 0 Å². The minimum Gasteiger partial charge on any atom is -0.355 e. The molecule has 140 valence electrons. The summed E-state index contributed by atoms with van der Waals surface area (Å²) >= 11 is 0. The third-order valence-corrected chi connectivity index (χ3v) is 5.39. The maximum Gasteiger partial charge on any atom is 0.276 e. The van der Waals surface area contributed by atoms with Gasteiger partial charge in [-0.2, -0.15) is 0 Å². The van der Waals surface area contributed by atoms with Gasteiger partial charge in [0.2, 0.25) is 10.0 Å². The number of likely N-dealkylation sites (tertiary alicyclic amines) is 1. The molecule has 1 fully saturated rings. The Labute approximate surface area is 153 Å². The first-order chi connectivity index (χ1) is 12.2. The number of sulfonamides is 1. The smallest absolute Gasteiger partial charge is 0.276 e. The highest BCUT2D eigenvalue weighted by atomic mass is 32.2. The Bertz CT molecular complexity index is 877. The van der Waals surface area contributed by atoms with Gasteiger partial charge in [-0.1, -0.05) is 49.3 Å². The van der Waals surface area contributed by atoms with Crippen LogP contribution in [0.2, 0.25) is 0 Å². The molecule has 0 radical (unpaired) electrons. The molecule has 0 bridgehead atoms. The van der Waals surface area contributed by atoms with Crippen molar-refractivity contribution >= 4 is 15.9 Å². The van der Waals surface area contributed by atoms with E-state index in [1.807, 2.05) is 44.2 Å². The van der Waals surface area contributed by atoms with Crippen LogP contribution in [0.5, 0.6) is 0 Å². The van der Waals surface area contributed by atoms with Gasteiger partial charge in [0.15, 0.2) is 11.5 Å². The van der Waals surface area contributed by atoms with E-state index >= 15 is 0 Å². The second-order valence-corrected chi connectivity index (χ2v) is 8.84. The normalized spacial score (nSPS) is 20.7. The number of hydrogen-bond acceptors (Lipinski definition) is 5. The van der Waals surface area contributed by atoms with E-state index in [0.29, 0.717) is 18.8 Å². The molecule has 0 spiro atoms. The molecule has 1 N–H and O–H groups in total. The van der Waals surface area contributed by atoms with Crippen LogP contribution in [-0.2, 0) is 10.0 Å². The maximum atomic E-state index is 12.8. The highest BCUT2D eigenvalue weighted by Crippen LogP contribution is 2.27. The number of carbonyl (C=O) groups excluding carboxylic acids is 1. The summed E-state index contributed by atoms with van der Waals surface area (Å²) in [6, 6.07) is 10.8. The summed E-state index contributed by atoms with van der Waals surface area (Å²) in [5.74, 6) is 0.567. The molecule has 3 rings (SSSR count). The fourth-order valence-electron chi connectivity index (χ4n) is 3.35. The van der Waals surface area contributed by atoms with Crippen LogP contribution in [0.15, 0.2) is 40.9 Å². The quantitative estimate of drug-likeness (QED) is 0.860. The van der Waals surface area contributed by atoms with Crippen LogP contribution in [0.3, 0.4) is 0 Å². The monoisotopic (exact) mass is 377 g/mol. The van der Waals surface area contributed by atoms with Gasteiger partial charge in [-0.3, -0.25) is 4.79 Å².